The Morgan fingerprint density at radius 3 is 2.48 bits per heavy atom. The van der Waals surface area contributed by atoms with Crippen molar-refractivity contribution in [1.82, 2.24) is 10.3 Å². The Bertz CT molecular complexity index is 1480. The molecule has 1 N–H and O–H groups in total. The smallest absolute Gasteiger partial charge is 0.174 e. The molecule has 40 heavy (non-hydrogen) atoms. The number of pyridine rings is 1. The molecule has 2 aliphatic heterocycles. The number of rotatable bonds is 6. The highest BCUT2D eigenvalue weighted by molar-refractivity contribution is 7.99. The molecule has 2 saturated heterocycles. The van der Waals surface area contributed by atoms with Crippen LogP contribution in [0.2, 0.25) is 5.02 Å². The van der Waals surface area contributed by atoms with Gasteiger partial charge in [0.2, 0.25) is 0 Å². The summed E-state index contributed by atoms with van der Waals surface area (Å²) in [6.45, 7) is 8.76. The Morgan fingerprint density at radius 1 is 1.00 bits per heavy atom. The molecule has 4 aromatic rings. The zero-order chi connectivity index (χ0) is 27.8. The van der Waals surface area contributed by atoms with Crippen LogP contribution < -0.4 is 15.1 Å². The molecular formula is C32H33ClN4OS2. The van der Waals surface area contributed by atoms with E-state index < -0.39 is 0 Å². The average molecular weight is 589 g/mol. The van der Waals surface area contributed by atoms with Crippen LogP contribution in [0.5, 0.6) is 0 Å². The number of furan rings is 1. The Morgan fingerprint density at radius 2 is 1.77 bits per heavy atom. The van der Waals surface area contributed by atoms with E-state index in [4.69, 9.17) is 28.2 Å². The zero-order valence-electron chi connectivity index (χ0n) is 22.9. The monoisotopic (exact) mass is 588 g/mol. The Balaban J connectivity index is 1.34. The number of aryl methyl sites for hydroxylation is 1. The van der Waals surface area contributed by atoms with Gasteiger partial charge in [0.1, 0.15) is 11.8 Å². The number of piperidine rings is 1. The molecule has 0 bridgehead atoms. The fourth-order valence-corrected chi connectivity index (χ4v) is 7.37. The maximum Gasteiger partial charge on any atom is 0.174 e. The summed E-state index contributed by atoms with van der Waals surface area (Å²) >= 11 is 14.5. The maximum absolute atomic E-state index is 6.97. The second-order valence-electron chi connectivity index (χ2n) is 11.1. The average Bonchev–Trinajstić information content (AvgIpc) is 3.53. The van der Waals surface area contributed by atoms with Gasteiger partial charge >= 0.3 is 0 Å². The molecule has 6 rings (SSSR count). The van der Waals surface area contributed by atoms with Crippen molar-refractivity contribution in [3.8, 4) is 0 Å². The van der Waals surface area contributed by atoms with Crippen LogP contribution in [0.25, 0.3) is 0 Å². The molecule has 4 heterocycles. The molecule has 0 spiro atoms. The lowest BCUT2D eigenvalue weighted by atomic mass is 9.91. The minimum absolute atomic E-state index is 0.181. The van der Waals surface area contributed by atoms with E-state index in [0.717, 1.165) is 50.9 Å². The predicted molar refractivity (Wildman–Crippen MR) is 169 cm³/mol. The lowest BCUT2D eigenvalue weighted by molar-refractivity contribution is 0.357. The van der Waals surface area contributed by atoms with Gasteiger partial charge in [-0.15, -0.1) is 0 Å². The highest BCUT2D eigenvalue weighted by Crippen LogP contribution is 2.45. The third-order valence-electron chi connectivity index (χ3n) is 7.65. The fraction of sp³-hybridized carbons (Fsp3) is 0.312. The topological polar surface area (TPSA) is 44.5 Å². The summed E-state index contributed by atoms with van der Waals surface area (Å²) in [5, 5.41) is 5.70. The number of aromatic nitrogens is 1. The molecule has 2 aromatic heterocycles. The van der Waals surface area contributed by atoms with E-state index in [9.17, 15) is 0 Å². The second kappa shape index (κ2) is 11.5. The third kappa shape index (κ3) is 5.60. The number of nitrogens with one attached hydrogen (secondary N) is 1. The normalized spacial score (nSPS) is 22.9. The van der Waals surface area contributed by atoms with Gasteiger partial charge in [0.25, 0.3) is 0 Å². The van der Waals surface area contributed by atoms with Crippen LogP contribution in [0.1, 0.15) is 49.4 Å². The summed E-state index contributed by atoms with van der Waals surface area (Å²) in [4.78, 5) is 10.3. The number of hydrogen-bond donors (Lipinski definition) is 1. The molecule has 4 atom stereocenters. The van der Waals surface area contributed by atoms with Crippen molar-refractivity contribution in [3.63, 3.8) is 0 Å². The van der Waals surface area contributed by atoms with Crippen molar-refractivity contribution in [3.05, 3.63) is 101 Å². The largest absolute Gasteiger partial charge is 0.452 e. The predicted octanol–water partition coefficient (Wildman–Crippen LogP) is 8.45. The van der Waals surface area contributed by atoms with E-state index in [2.05, 4.69) is 77.3 Å². The number of benzene rings is 2. The number of nitrogens with zero attached hydrogens (tertiary/aromatic N) is 3. The van der Waals surface area contributed by atoms with Gasteiger partial charge in [-0.05, 0) is 92.0 Å². The molecule has 8 heteroatoms. The van der Waals surface area contributed by atoms with Crippen molar-refractivity contribution in [2.45, 2.75) is 49.3 Å². The first-order valence-corrected chi connectivity index (χ1v) is 15.4. The van der Waals surface area contributed by atoms with Crippen molar-refractivity contribution < 1.29 is 4.42 Å². The van der Waals surface area contributed by atoms with Crippen LogP contribution in [-0.4, -0.2) is 23.2 Å². The Hall–Kier alpha value is -3.00. The Kier molecular flexibility index (Phi) is 7.80. The molecule has 2 aromatic carbocycles. The van der Waals surface area contributed by atoms with Crippen LogP contribution in [0.4, 0.5) is 11.4 Å². The van der Waals surface area contributed by atoms with Gasteiger partial charge in [0.05, 0.1) is 22.4 Å². The molecular weight excluding hydrogens is 556 g/mol. The maximum atomic E-state index is 6.97. The summed E-state index contributed by atoms with van der Waals surface area (Å²) < 4.78 is 6.48. The minimum atomic E-state index is -0.230. The zero-order valence-corrected chi connectivity index (χ0v) is 25.3. The first kappa shape index (κ1) is 27.2. The van der Waals surface area contributed by atoms with Gasteiger partial charge in [-0.1, -0.05) is 61.0 Å². The van der Waals surface area contributed by atoms with Crippen molar-refractivity contribution in [2.24, 2.45) is 11.8 Å². The quantitative estimate of drug-likeness (QED) is 0.227. The number of hydrogen-bond acceptors (Lipinski definition) is 5. The van der Waals surface area contributed by atoms with E-state index in [1.807, 2.05) is 42.6 Å². The number of thiocarbonyl (C=S) groups is 1. The third-order valence-corrected chi connectivity index (χ3v) is 9.20. The summed E-state index contributed by atoms with van der Waals surface area (Å²) in [6.07, 6.45) is 3.07. The molecule has 0 radical (unpaired) electrons. The Labute approximate surface area is 250 Å². The van der Waals surface area contributed by atoms with Crippen molar-refractivity contribution in [2.75, 3.05) is 22.9 Å². The second-order valence-corrected chi connectivity index (χ2v) is 12.9. The molecule has 5 nitrogen and oxygen atoms in total. The molecule has 0 saturated carbocycles. The van der Waals surface area contributed by atoms with Gasteiger partial charge < -0.3 is 19.5 Å². The first-order chi connectivity index (χ1) is 19.4. The molecule has 2 aliphatic rings. The number of halogens is 1. The van der Waals surface area contributed by atoms with E-state index in [-0.39, 0.29) is 12.1 Å². The summed E-state index contributed by atoms with van der Waals surface area (Å²) in [6, 6.07) is 24.4. The van der Waals surface area contributed by atoms with E-state index in [0.29, 0.717) is 16.9 Å². The summed E-state index contributed by atoms with van der Waals surface area (Å²) in [5.74, 6) is 2.10. The van der Waals surface area contributed by atoms with E-state index >= 15 is 0 Å². The fourth-order valence-electron chi connectivity index (χ4n) is 5.95. The SMILES string of the molecule is Cc1ccc(Sc2ccc([C@@H]3[C@H](c4ccccn4)NC(=S)N3c3ccc(N4C[C@H](C)C[C@@H](C)C4)c(Cl)c3)o2)cc1. The van der Waals surface area contributed by atoms with Gasteiger partial charge in [0, 0.05) is 29.9 Å². The molecule has 206 valence electrons. The minimum Gasteiger partial charge on any atom is -0.452 e. The van der Waals surface area contributed by atoms with Crippen molar-refractivity contribution in [1.29, 1.82) is 0 Å². The van der Waals surface area contributed by atoms with E-state index in [1.165, 1.54) is 12.0 Å². The van der Waals surface area contributed by atoms with Crippen LogP contribution in [0, 0.1) is 18.8 Å². The van der Waals surface area contributed by atoms with Crippen LogP contribution in [0.15, 0.2) is 93.4 Å². The first-order valence-electron chi connectivity index (χ1n) is 13.7. The van der Waals surface area contributed by atoms with Gasteiger partial charge in [-0.25, -0.2) is 0 Å². The summed E-state index contributed by atoms with van der Waals surface area (Å²) in [5.41, 5.74) is 4.14. The van der Waals surface area contributed by atoms with Gasteiger partial charge in [-0.2, -0.15) is 0 Å². The van der Waals surface area contributed by atoms with E-state index in [1.54, 1.807) is 11.8 Å². The lowest BCUT2D eigenvalue weighted by Crippen LogP contribution is -2.38. The number of anilines is 2. The van der Waals surface area contributed by atoms with Crippen LogP contribution >= 0.6 is 35.6 Å². The van der Waals surface area contributed by atoms with Gasteiger partial charge in [0.15, 0.2) is 10.2 Å². The molecule has 0 aliphatic carbocycles. The van der Waals surface area contributed by atoms with Crippen LogP contribution in [0.3, 0.4) is 0 Å². The standard InChI is InChI=1S/C32H33ClN4OS2/c1-20-7-10-24(11-8-20)40-29-14-13-28(38-29)31-30(26-6-4-5-15-34-26)35-32(39)37(31)23-9-12-27(25(33)17-23)36-18-21(2)16-22(3)19-36/h4-15,17,21-22,30-31H,16,18-19H2,1-3H3,(H,35,39)/t21-,22-,30+,31-/m1/s1. The highest BCUT2D eigenvalue weighted by Gasteiger charge is 2.43. The highest BCUT2D eigenvalue weighted by atomic mass is 35.5. The molecule has 2 fully saturated rings. The summed E-state index contributed by atoms with van der Waals surface area (Å²) in [7, 11) is 0. The van der Waals surface area contributed by atoms with Crippen molar-refractivity contribution >= 4 is 52.1 Å². The molecule has 0 amide bonds. The van der Waals surface area contributed by atoms with Crippen LogP contribution in [-0.2, 0) is 0 Å². The molecule has 0 unspecified atom stereocenters. The van der Waals surface area contributed by atoms with Gasteiger partial charge in [-0.3, -0.25) is 4.98 Å². The lowest BCUT2D eigenvalue weighted by Gasteiger charge is -2.37.